The van der Waals surface area contributed by atoms with Crippen LogP contribution in [-0.4, -0.2) is 42.0 Å². The van der Waals surface area contributed by atoms with E-state index in [9.17, 15) is 4.79 Å². The average molecular weight is 368 g/mol. The normalized spacial score (nSPS) is 15.3. The van der Waals surface area contributed by atoms with Crippen molar-refractivity contribution in [2.75, 3.05) is 26.2 Å². The molecule has 1 N–H and O–H groups in total. The largest absolute Gasteiger partial charge is 0.441 e. The van der Waals surface area contributed by atoms with Crippen LogP contribution in [0, 0.1) is 0 Å². The molecule has 0 saturated carbocycles. The van der Waals surface area contributed by atoms with Gasteiger partial charge >= 0.3 is 0 Å². The van der Waals surface area contributed by atoms with Crippen molar-refractivity contribution in [1.29, 1.82) is 0 Å². The Bertz CT molecular complexity index is 710. The molecule has 2 aromatic rings. The second-order valence-electron chi connectivity index (χ2n) is 5.73. The van der Waals surface area contributed by atoms with Gasteiger partial charge in [0.2, 0.25) is 5.91 Å². The van der Waals surface area contributed by atoms with E-state index in [0.717, 1.165) is 38.2 Å². The SMILES string of the molecule is O=C(CCc1ncc(-c2ccc(Cl)cc2Cl)o1)N1CCCNCC1. The Hall–Kier alpha value is -1.56. The molecule has 2 heterocycles. The highest BCUT2D eigenvalue weighted by Crippen LogP contribution is 2.30. The van der Waals surface area contributed by atoms with E-state index in [1.807, 2.05) is 4.90 Å². The molecule has 1 saturated heterocycles. The number of aryl methyl sites for hydroxylation is 1. The van der Waals surface area contributed by atoms with Crippen LogP contribution in [0.3, 0.4) is 0 Å². The zero-order chi connectivity index (χ0) is 16.9. The fourth-order valence-electron chi connectivity index (χ4n) is 2.71. The summed E-state index contributed by atoms with van der Waals surface area (Å²) in [7, 11) is 0. The van der Waals surface area contributed by atoms with Crippen LogP contribution in [0.5, 0.6) is 0 Å². The summed E-state index contributed by atoms with van der Waals surface area (Å²) in [5.74, 6) is 1.26. The molecular weight excluding hydrogens is 349 g/mol. The Labute approximate surface area is 150 Å². The van der Waals surface area contributed by atoms with Crippen LogP contribution in [0.1, 0.15) is 18.7 Å². The molecule has 5 nitrogen and oxygen atoms in total. The minimum Gasteiger partial charge on any atom is -0.441 e. The molecule has 0 spiro atoms. The third-order valence-electron chi connectivity index (χ3n) is 4.00. The van der Waals surface area contributed by atoms with Crippen molar-refractivity contribution in [3.63, 3.8) is 0 Å². The molecular formula is C17H19Cl2N3O2. The van der Waals surface area contributed by atoms with Crippen molar-refractivity contribution in [2.45, 2.75) is 19.3 Å². The number of carbonyl (C=O) groups excluding carboxylic acids is 1. The van der Waals surface area contributed by atoms with E-state index in [0.29, 0.717) is 34.5 Å². The highest BCUT2D eigenvalue weighted by molar-refractivity contribution is 6.36. The van der Waals surface area contributed by atoms with Crippen molar-refractivity contribution >= 4 is 29.1 Å². The van der Waals surface area contributed by atoms with Crippen LogP contribution in [0.25, 0.3) is 11.3 Å². The van der Waals surface area contributed by atoms with Gasteiger partial charge in [0, 0.05) is 43.1 Å². The van der Waals surface area contributed by atoms with E-state index >= 15 is 0 Å². The first-order valence-electron chi connectivity index (χ1n) is 8.02. The van der Waals surface area contributed by atoms with Crippen molar-refractivity contribution in [3.8, 4) is 11.3 Å². The number of carbonyl (C=O) groups is 1. The smallest absolute Gasteiger partial charge is 0.223 e. The summed E-state index contributed by atoms with van der Waals surface area (Å²) < 4.78 is 5.73. The summed E-state index contributed by atoms with van der Waals surface area (Å²) in [6.45, 7) is 3.39. The molecule has 1 amide bonds. The number of hydrogen-bond donors (Lipinski definition) is 1. The first-order valence-corrected chi connectivity index (χ1v) is 8.78. The van der Waals surface area contributed by atoms with Crippen molar-refractivity contribution in [3.05, 3.63) is 40.3 Å². The zero-order valence-corrected chi connectivity index (χ0v) is 14.7. The molecule has 1 fully saturated rings. The fourth-order valence-corrected chi connectivity index (χ4v) is 3.21. The van der Waals surface area contributed by atoms with Crippen LogP contribution in [0.4, 0.5) is 0 Å². The first-order chi connectivity index (χ1) is 11.6. The Balaban J connectivity index is 1.60. The highest BCUT2D eigenvalue weighted by atomic mass is 35.5. The Morgan fingerprint density at radius 3 is 3.00 bits per heavy atom. The maximum Gasteiger partial charge on any atom is 0.223 e. The van der Waals surface area contributed by atoms with Gasteiger partial charge in [-0.25, -0.2) is 4.98 Å². The molecule has 1 aliphatic heterocycles. The second kappa shape index (κ2) is 8.01. The van der Waals surface area contributed by atoms with Crippen LogP contribution >= 0.6 is 23.2 Å². The number of aromatic nitrogens is 1. The lowest BCUT2D eigenvalue weighted by Gasteiger charge is -2.19. The zero-order valence-electron chi connectivity index (χ0n) is 13.2. The maximum absolute atomic E-state index is 12.3. The lowest BCUT2D eigenvalue weighted by Crippen LogP contribution is -2.34. The Kier molecular flexibility index (Phi) is 5.76. The number of nitrogens with one attached hydrogen (secondary N) is 1. The minimum atomic E-state index is 0.142. The first kappa shape index (κ1) is 17.3. The highest BCUT2D eigenvalue weighted by Gasteiger charge is 2.17. The van der Waals surface area contributed by atoms with E-state index in [4.69, 9.17) is 27.6 Å². The topological polar surface area (TPSA) is 58.4 Å². The van der Waals surface area contributed by atoms with E-state index in [-0.39, 0.29) is 5.91 Å². The van der Waals surface area contributed by atoms with E-state index in [1.165, 1.54) is 0 Å². The standard InChI is InChI=1S/C17H19Cl2N3O2/c18-12-2-3-13(14(19)10-12)15-11-21-16(24-15)4-5-17(23)22-8-1-6-20-7-9-22/h2-3,10-11,20H,1,4-9H2. The van der Waals surface area contributed by atoms with Crippen molar-refractivity contribution < 1.29 is 9.21 Å². The van der Waals surface area contributed by atoms with Crippen LogP contribution in [-0.2, 0) is 11.2 Å². The maximum atomic E-state index is 12.3. The Morgan fingerprint density at radius 1 is 1.29 bits per heavy atom. The summed E-state index contributed by atoms with van der Waals surface area (Å²) in [4.78, 5) is 18.4. The van der Waals surface area contributed by atoms with Gasteiger partial charge in [0.25, 0.3) is 0 Å². The number of halogens is 2. The summed E-state index contributed by atoms with van der Waals surface area (Å²) in [5.41, 5.74) is 0.740. The van der Waals surface area contributed by atoms with Gasteiger partial charge in [-0.1, -0.05) is 23.2 Å². The molecule has 0 aliphatic carbocycles. The predicted molar refractivity (Wildman–Crippen MR) is 94.3 cm³/mol. The molecule has 1 aromatic heterocycles. The average Bonchev–Trinajstić information content (AvgIpc) is 2.85. The summed E-state index contributed by atoms with van der Waals surface area (Å²) in [5, 5.41) is 4.37. The molecule has 0 radical (unpaired) electrons. The number of nitrogens with zero attached hydrogens (tertiary/aromatic N) is 2. The van der Waals surface area contributed by atoms with E-state index in [2.05, 4.69) is 10.3 Å². The van der Waals surface area contributed by atoms with Gasteiger partial charge in [0.05, 0.1) is 11.2 Å². The quantitative estimate of drug-likeness (QED) is 0.899. The molecule has 128 valence electrons. The third kappa shape index (κ3) is 4.29. The van der Waals surface area contributed by atoms with E-state index in [1.54, 1.807) is 24.4 Å². The van der Waals surface area contributed by atoms with Gasteiger partial charge in [-0.2, -0.15) is 0 Å². The molecule has 3 rings (SSSR count). The van der Waals surface area contributed by atoms with Crippen molar-refractivity contribution in [1.82, 2.24) is 15.2 Å². The van der Waals surface area contributed by atoms with Crippen LogP contribution in [0.15, 0.2) is 28.8 Å². The third-order valence-corrected chi connectivity index (χ3v) is 4.54. The van der Waals surface area contributed by atoms with Gasteiger partial charge < -0.3 is 14.6 Å². The lowest BCUT2D eigenvalue weighted by atomic mass is 10.2. The van der Waals surface area contributed by atoms with Crippen LogP contribution < -0.4 is 5.32 Å². The number of rotatable bonds is 4. The molecule has 0 atom stereocenters. The van der Waals surface area contributed by atoms with Gasteiger partial charge in [-0.3, -0.25) is 4.79 Å². The van der Waals surface area contributed by atoms with Crippen molar-refractivity contribution in [2.24, 2.45) is 0 Å². The number of hydrogen-bond acceptors (Lipinski definition) is 4. The fraction of sp³-hybridized carbons (Fsp3) is 0.412. The monoisotopic (exact) mass is 367 g/mol. The second-order valence-corrected chi connectivity index (χ2v) is 6.57. The number of amides is 1. The number of oxazole rings is 1. The molecule has 1 aliphatic rings. The lowest BCUT2D eigenvalue weighted by molar-refractivity contribution is -0.131. The molecule has 24 heavy (non-hydrogen) atoms. The molecule has 1 aromatic carbocycles. The summed E-state index contributed by atoms with van der Waals surface area (Å²) in [6.07, 6.45) is 3.50. The summed E-state index contributed by atoms with van der Waals surface area (Å²) >= 11 is 12.1. The number of benzene rings is 1. The van der Waals surface area contributed by atoms with Crippen LogP contribution in [0.2, 0.25) is 10.0 Å². The summed E-state index contributed by atoms with van der Waals surface area (Å²) in [6, 6.07) is 5.21. The van der Waals surface area contributed by atoms with E-state index < -0.39 is 0 Å². The van der Waals surface area contributed by atoms with Gasteiger partial charge in [0.1, 0.15) is 0 Å². The minimum absolute atomic E-state index is 0.142. The molecule has 7 heteroatoms. The molecule has 0 bridgehead atoms. The predicted octanol–water partition coefficient (Wildman–Crippen LogP) is 3.40. The van der Waals surface area contributed by atoms with Gasteiger partial charge in [-0.15, -0.1) is 0 Å². The van der Waals surface area contributed by atoms with Gasteiger partial charge in [0.15, 0.2) is 11.7 Å². The van der Waals surface area contributed by atoms with Gasteiger partial charge in [-0.05, 0) is 31.2 Å². The Morgan fingerprint density at radius 2 is 2.17 bits per heavy atom. The molecule has 0 unspecified atom stereocenters.